The number of benzene rings is 3. The number of nitrogens with two attached hydrogens (primary N) is 3. The van der Waals surface area contributed by atoms with Crippen LogP contribution in [0.4, 0.5) is 0 Å². The Hall–Kier alpha value is -6.07. The molecule has 0 fully saturated rings. The van der Waals surface area contributed by atoms with Crippen LogP contribution in [-0.4, -0.2) is 114 Å². The maximum Gasteiger partial charge on any atom is 0.253 e. The highest BCUT2D eigenvalue weighted by Gasteiger charge is 2.36. The van der Waals surface area contributed by atoms with Crippen LogP contribution >= 0.6 is 0 Å². The van der Waals surface area contributed by atoms with Gasteiger partial charge in [-0.3, -0.25) is 24.0 Å². The van der Waals surface area contributed by atoms with E-state index in [1.807, 2.05) is 6.07 Å². The number of hydrogen-bond acceptors (Lipinski definition) is 13. The first-order valence-corrected chi connectivity index (χ1v) is 24.3. The first kappa shape index (κ1) is 52.6. The normalized spacial score (nSPS) is 16.7. The molecule has 4 atom stereocenters. The number of nitrogens with zero attached hydrogens (tertiary/aromatic N) is 2. The molecule has 10 N–H and O–H groups in total. The van der Waals surface area contributed by atoms with Crippen LogP contribution in [0.3, 0.4) is 0 Å². The van der Waals surface area contributed by atoms with Gasteiger partial charge in [0.05, 0.1) is 16.5 Å². The van der Waals surface area contributed by atoms with Gasteiger partial charge >= 0.3 is 0 Å². The van der Waals surface area contributed by atoms with Crippen molar-refractivity contribution in [3.8, 4) is 28.7 Å². The lowest BCUT2D eigenvalue weighted by molar-refractivity contribution is -0.141. The van der Waals surface area contributed by atoms with E-state index in [0.717, 1.165) is 55.2 Å². The molecule has 0 aliphatic carbocycles. The van der Waals surface area contributed by atoms with E-state index in [4.69, 9.17) is 31.9 Å². The van der Waals surface area contributed by atoms with Crippen LogP contribution in [0.25, 0.3) is 11.1 Å². The average Bonchev–Trinajstić information content (AvgIpc) is 3.29. The minimum Gasteiger partial charge on any atom is -0.492 e. The number of carbonyl (C=O) groups excluding carboxylic acids is 5. The summed E-state index contributed by atoms with van der Waals surface area (Å²) >= 11 is 0. The number of nitrogens with one attached hydrogen (secondary N) is 4. The number of hydrogen-bond donors (Lipinski definition) is 7. The monoisotopic (exact) mass is 931 g/mol. The zero-order chi connectivity index (χ0) is 48.4. The molecule has 4 rings (SSSR count). The van der Waals surface area contributed by atoms with Crippen molar-refractivity contribution in [2.24, 2.45) is 17.2 Å². The molecule has 358 valence electrons. The standard InChI is InChI=1S/C47H65N9O9S/c1-5-6-7-8-9-10-11-31-12-15-34(41(28-31)66(4,62)63)44(58)54-37(18-19-48)47(61)56(3)42-33-14-17-40(65-25-22-51)36(29-33)35-26-32(13-16-39(35)64-24-21-50)27-38(45(59)52-23-20-49)55-43(57)30(2)53-46(42)60/h12-17,26,28-30,37-38,42H,5-11,18-19,21-25,27,48,50-51H2,1-4H3,(H,52,59)(H,53,60)(H,54,58)(H,55,57)/t30-,37-,38-,42-/m0/s1. The molecular weight excluding hydrogens is 867 g/mol. The van der Waals surface area contributed by atoms with Crippen molar-refractivity contribution >= 4 is 39.4 Å². The summed E-state index contributed by atoms with van der Waals surface area (Å²) in [7, 11) is -2.54. The predicted molar refractivity (Wildman–Crippen MR) is 250 cm³/mol. The van der Waals surface area contributed by atoms with E-state index in [1.54, 1.807) is 42.5 Å². The Morgan fingerprint density at radius 2 is 1.53 bits per heavy atom. The third-order valence-corrected chi connectivity index (χ3v) is 12.3. The van der Waals surface area contributed by atoms with Crippen LogP contribution in [0.1, 0.15) is 91.9 Å². The molecule has 1 aliphatic rings. The summed E-state index contributed by atoms with van der Waals surface area (Å²) in [5.41, 5.74) is 20.0. The molecule has 0 aromatic heterocycles. The molecule has 0 spiro atoms. The van der Waals surface area contributed by atoms with Crippen LogP contribution in [0.15, 0.2) is 59.5 Å². The van der Waals surface area contributed by atoms with Crippen molar-refractivity contribution in [2.75, 3.05) is 52.7 Å². The van der Waals surface area contributed by atoms with Crippen LogP contribution < -0.4 is 47.9 Å². The van der Waals surface area contributed by atoms with Crippen molar-refractivity contribution < 1.29 is 41.9 Å². The van der Waals surface area contributed by atoms with Gasteiger partial charge in [0, 0.05) is 43.9 Å². The minimum atomic E-state index is -3.90. The average molecular weight is 932 g/mol. The summed E-state index contributed by atoms with van der Waals surface area (Å²) in [5.74, 6) is -3.04. The number of likely N-dealkylation sites (N-methyl/N-ethyl adjacent to an activating group) is 1. The van der Waals surface area contributed by atoms with Crippen LogP contribution in [-0.2, 0) is 41.9 Å². The minimum absolute atomic E-state index is 0.0182. The van der Waals surface area contributed by atoms with Crippen molar-refractivity contribution in [2.45, 2.75) is 101 Å². The van der Waals surface area contributed by atoms with Crippen molar-refractivity contribution in [1.82, 2.24) is 26.2 Å². The fourth-order valence-electron chi connectivity index (χ4n) is 7.69. The summed E-state index contributed by atoms with van der Waals surface area (Å²) in [6, 6.07) is 11.3. The lowest BCUT2D eigenvalue weighted by Gasteiger charge is -2.32. The number of rotatable bonds is 22. The van der Waals surface area contributed by atoms with E-state index >= 15 is 0 Å². The molecule has 1 heterocycles. The zero-order valence-corrected chi connectivity index (χ0v) is 39.1. The third kappa shape index (κ3) is 14.5. The second kappa shape index (κ2) is 25.6. The number of unbranched alkanes of at least 4 members (excludes halogenated alkanes) is 5. The van der Waals surface area contributed by atoms with E-state index in [2.05, 4.69) is 28.2 Å². The van der Waals surface area contributed by atoms with Crippen molar-refractivity contribution in [1.29, 1.82) is 5.26 Å². The number of nitriles is 1. The summed E-state index contributed by atoms with van der Waals surface area (Å²) < 4.78 is 38.3. The first-order valence-electron chi connectivity index (χ1n) is 22.4. The molecule has 0 radical (unpaired) electrons. The number of carbonyl (C=O) groups is 5. The molecule has 3 aromatic carbocycles. The van der Waals surface area contributed by atoms with Gasteiger partial charge in [-0.15, -0.1) is 0 Å². The van der Waals surface area contributed by atoms with Crippen LogP contribution in [0.5, 0.6) is 11.5 Å². The Labute approximate surface area is 387 Å². The maximum atomic E-state index is 14.7. The lowest BCUT2D eigenvalue weighted by atomic mass is 9.93. The Morgan fingerprint density at radius 3 is 2.17 bits per heavy atom. The predicted octanol–water partition coefficient (Wildman–Crippen LogP) is 2.17. The molecule has 18 nitrogen and oxygen atoms in total. The van der Waals surface area contributed by atoms with Gasteiger partial charge in [0.1, 0.15) is 55.4 Å². The molecule has 1 aliphatic heterocycles. The van der Waals surface area contributed by atoms with E-state index < -0.39 is 63.5 Å². The van der Waals surface area contributed by atoms with Gasteiger partial charge in [-0.25, -0.2) is 8.42 Å². The number of sulfone groups is 1. The highest BCUT2D eigenvalue weighted by Crippen LogP contribution is 2.40. The summed E-state index contributed by atoms with van der Waals surface area (Å²) in [6.45, 7) is 3.76. The zero-order valence-electron chi connectivity index (χ0n) is 38.3. The Balaban J connectivity index is 1.81. The highest BCUT2D eigenvalue weighted by atomic mass is 32.2. The van der Waals surface area contributed by atoms with Gasteiger partial charge in [0.15, 0.2) is 9.84 Å². The Kier molecular flexibility index (Phi) is 20.4. The van der Waals surface area contributed by atoms with Gasteiger partial charge in [-0.05, 0) is 85.8 Å². The molecular formula is C47H65N9O9S. The second-order valence-electron chi connectivity index (χ2n) is 16.3. The van der Waals surface area contributed by atoms with Crippen LogP contribution in [0, 0.1) is 11.3 Å². The second-order valence-corrected chi connectivity index (χ2v) is 18.3. The SMILES string of the molecule is CCCCCCCCc1ccc(C(=O)N[C@@H](CCN)C(=O)N(C)[C@@H]2C(=O)N[C@@H](C)C(=O)N[C@H](C(=O)NCC#N)Cc3ccc(OCCN)c(c3)-c3cc2ccc3OCCN)c(S(C)(=O)=O)c1. The first-order chi connectivity index (χ1) is 31.6. The van der Waals surface area contributed by atoms with E-state index in [9.17, 15) is 32.4 Å². The number of amides is 5. The molecule has 3 aromatic rings. The molecule has 0 unspecified atom stereocenters. The smallest absolute Gasteiger partial charge is 0.253 e. The lowest BCUT2D eigenvalue weighted by Crippen LogP contribution is -2.56. The van der Waals surface area contributed by atoms with Crippen molar-refractivity contribution in [3.63, 3.8) is 0 Å². The van der Waals surface area contributed by atoms with Gasteiger partial charge in [0.2, 0.25) is 23.6 Å². The summed E-state index contributed by atoms with van der Waals surface area (Å²) in [5, 5.41) is 19.7. The Bertz CT molecular complexity index is 2340. The number of ether oxygens (including phenoxy) is 2. The van der Waals surface area contributed by atoms with Gasteiger partial charge in [0.25, 0.3) is 5.91 Å². The summed E-state index contributed by atoms with van der Waals surface area (Å²) in [6.07, 6.45) is 7.89. The fourth-order valence-corrected chi connectivity index (χ4v) is 8.62. The highest BCUT2D eigenvalue weighted by molar-refractivity contribution is 7.90. The van der Waals surface area contributed by atoms with Gasteiger partial charge in [-0.2, -0.15) is 5.26 Å². The van der Waals surface area contributed by atoms with Crippen LogP contribution in [0.2, 0.25) is 0 Å². The molecule has 19 heteroatoms. The number of aryl methyl sites for hydroxylation is 1. The molecule has 5 amide bonds. The topological polar surface area (TPSA) is 291 Å². The molecule has 0 saturated heterocycles. The number of fused-ring (bicyclic) bond motifs is 5. The molecule has 66 heavy (non-hydrogen) atoms. The van der Waals surface area contributed by atoms with Gasteiger partial charge < -0.3 is 52.8 Å². The molecule has 4 bridgehead atoms. The molecule has 0 saturated carbocycles. The van der Waals surface area contributed by atoms with Gasteiger partial charge in [-0.1, -0.05) is 57.2 Å². The van der Waals surface area contributed by atoms with Crippen molar-refractivity contribution in [3.05, 3.63) is 76.9 Å². The third-order valence-electron chi connectivity index (χ3n) is 11.1. The summed E-state index contributed by atoms with van der Waals surface area (Å²) in [4.78, 5) is 71.3. The maximum absolute atomic E-state index is 14.7. The van der Waals surface area contributed by atoms with E-state index in [-0.39, 0.29) is 68.3 Å². The largest absolute Gasteiger partial charge is 0.492 e. The van der Waals surface area contributed by atoms with E-state index in [1.165, 1.54) is 26.1 Å². The Morgan fingerprint density at radius 1 is 0.879 bits per heavy atom. The van der Waals surface area contributed by atoms with E-state index in [0.29, 0.717) is 34.6 Å². The fraction of sp³-hybridized carbons (Fsp3) is 0.489. The quantitative estimate of drug-likeness (QED) is 0.0563.